The van der Waals surface area contributed by atoms with Gasteiger partial charge in [-0.25, -0.2) is 14.8 Å². The van der Waals surface area contributed by atoms with Gasteiger partial charge in [0.1, 0.15) is 11.4 Å². The Kier molecular flexibility index (Phi) is 3.33. The molecule has 2 heterocycles. The molecule has 0 aliphatic heterocycles. The molecule has 2 rings (SSSR count). The number of aromatic nitrogens is 2. The average molecular weight is 263 g/mol. The van der Waals surface area contributed by atoms with Crippen LogP contribution in [0.25, 0.3) is 0 Å². The molecule has 2 N–H and O–H groups in total. The molecule has 1 amide bonds. The summed E-state index contributed by atoms with van der Waals surface area (Å²) in [5.41, 5.74) is 0.684. The summed E-state index contributed by atoms with van der Waals surface area (Å²) in [7, 11) is 0. The molecule has 0 aromatic carbocycles. The third-order valence-corrected chi connectivity index (χ3v) is 2.92. The van der Waals surface area contributed by atoms with Crippen molar-refractivity contribution >= 4 is 28.3 Å². The van der Waals surface area contributed by atoms with Gasteiger partial charge in [-0.3, -0.25) is 10.1 Å². The van der Waals surface area contributed by atoms with E-state index in [-0.39, 0.29) is 11.4 Å². The van der Waals surface area contributed by atoms with E-state index in [9.17, 15) is 9.59 Å². The highest BCUT2D eigenvalue weighted by Gasteiger charge is 2.12. The van der Waals surface area contributed by atoms with Crippen LogP contribution in [0.3, 0.4) is 0 Å². The summed E-state index contributed by atoms with van der Waals surface area (Å²) < 4.78 is 0. The monoisotopic (exact) mass is 263 g/mol. The fourth-order valence-corrected chi connectivity index (χ4v) is 1.94. The van der Waals surface area contributed by atoms with Gasteiger partial charge in [0.05, 0.1) is 5.69 Å². The fourth-order valence-electron chi connectivity index (χ4n) is 1.25. The van der Waals surface area contributed by atoms with Crippen LogP contribution in [-0.2, 0) is 0 Å². The maximum atomic E-state index is 11.8. The third-order valence-electron chi connectivity index (χ3n) is 2.04. The van der Waals surface area contributed by atoms with Crippen LogP contribution < -0.4 is 5.32 Å². The Morgan fingerprint density at radius 1 is 1.28 bits per heavy atom. The van der Waals surface area contributed by atoms with E-state index >= 15 is 0 Å². The largest absolute Gasteiger partial charge is 0.477 e. The first-order valence-corrected chi connectivity index (χ1v) is 5.88. The van der Waals surface area contributed by atoms with E-state index in [2.05, 4.69) is 15.3 Å². The van der Waals surface area contributed by atoms with E-state index in [1.54, 1.807) is 5.38 Å². The summed E-state index contributed by atoms with van der Waals surface area (Å²) in [6, 6.07) is 4.24. The predicted molar refractivity (Wildman–Crippen MR) is 66.0 cm³/mol. The number of carbonyl (C=O) groups excluding carboxylic acids is 1. The molecule has 2 aromatic heterocycles. The van der Waals surface area contributed by atoms with E-state index in [4.69, 9.17) is 5.11 Å². The summed E-state index contributed by atoms with van der Waals surface area (Å²) in [5, 5.41) is 13.6. The Bertz CT molecular complexity index is 609. The van der Waals surface area contributed by atoms with Crippen LogP contribution in [0.5, 0.6) is 0 Å². The SMILES string of the molecule is Cc1csc(NC(=O)c2cccc(C(=O)O)n2)n1. The predicted octanol–water partition coefficient (Wildman–Crippen LogP) is 1.80. The molecule has 7 heteroatoms. The molecule has 0 spiro atoms. The second-order valence-electron chi connectivity index (χ2n) is 3.46. The quantitative estimate of drug-likeness (QED) is 0.880. The molecule has 0 unspecified atom stereocenters. The smallest absolute Gasteiger partial charge is 0.354 e. The third kappa shape index (κ3) is 2.69. The van der Waals surface area contributed by atoms with Crippen LogP contribution in [0, 0.1) is 6.92 Å². The van der Waals surface area contributed by atoms with Gasteiger partial charge in [-0.05, 0) is 19.1 Å². The number of carbonyl (C=O) groups is 2. The number of carboxylic acids is 1. The highest BCUT2D eigenvalue weighted by molar-refractivity contribution is 7.13. The van der Waals surface area contributed by atoms with Crippen molar-refractivity contribution in [3.05, 3.63) is 40.7 Å². The zero-order valence-corrected chi connectivity index (χ0v) is 10.2. The normalized spacial score (nSPS) is 10.1. The van der Waals surface area contributed by atoms with Crippen molar-refractivity contribution in [2.45, 2.75) is 6.92 Å². The first-order chi connectivity index (χ1) is 8.56. The van der Waals surface area contributed by atoms with Crippen LogP contribution in [-0.4, -0.2) is 27.0 Å². The molecule has 18 heavy (non-hydrogen) atoms. The van der Waals surface area contributed by atoms with Crippen molar-refractivity contribution in [2.24, 2.45) is 0 Å². The van der Waals surface area contributed by atoms with Gasteiger partial charge in [0.15, 0.2) is 5.13 Å². The van der Waals surface area contributed by atoms with Crippen LogP contribution in [0.15, 0.2) is 23.6 Å². The van der Waals surface area contributed by atoms with Gasteiger partial charge in [0, 0.05) is 5.38 Å². The van der Waals surface area contributed by atoms with Crippen LogP contribution in [0.4, 0.5) is 5.13 Å². The lowest BCUT2D eigenvalue weighted by atomic mass is 10.3. The maximum Gasteiger partial charge on any atom is 0.354 e. The van der Waals surface area contributed by atoms with E-state index in [0.29, 0.717) is 5.13 Å². The standard InChI is InChI=1S/C11H9N3O3S/c1-6-5-18-11(12-6)14-9(15)7-3-2-4-8(13-7)10(16)17/h2-5H,1H3,(H,16,17)(H,12,14,15). The zero-order valence-electron chi connectivity index (χ0n) is 9.38. The Balaban J connectivity index is 2.18. The van der Waals surface area contributed by atoms with E-state index in [1.807, 2.05) is 6.92 Å². The Hall–Kier alpha value is -2.28. The number of thiazole rings is 1. The summed E-state index contributed by atoms with van der Waals surface area (Å²) in [5.74, 6) is -1.65. The average Bonchev–Trinajstić information content (AvgIpc) is 2.75. The number of hydrogen-bond acceptors (Lipinski definition) is 5. The van der Waals surface area contributed by atoms with E-state index in [0.717, 1.165) is 5.69 Å². The number of pyridine rings is 1. The lowest BCUT2D eigenvalue weighted by Gasteiger charge is -2.01. The second kappa shape index (κ2) is 4.92. The number of anilines is 1. The van der Waals surface area contributed by atoms with Gasteiger partial charge < -0.3 is 5.11 Å². The van der Waals surface area contributed by atoms with Gasteiger partial charge in [0.25, 0.3) is 5.91 Å². The number of nitrogens with zero attached hydrogens (tertiary/aromatic N) is 2. The molecule has 0 aliphatic carbocycles. The Morgan fingerprint density at radius 3 is 2.61 bits per heavy atom. The van der Waals surface area contributed by atoms with E-state index < -0.39 is 11.9 Å². The Labute approximate surface area is 106 Å². The molecular weight excluding hydrogens is 254 g/mol. The van der Waals surface area contributed by atoms with Gasteiger partial charge in [0.2, 0.25) is 0 Å². The second-order valence-corrected chi connectivity index (χ2v) is 4.32. The molecule has 6 nitrogen and oxygen atoms in total. The van der Waals surface area contributed by atoms with Crippen LogP contribution in [0.2, 0.25) is 0 Å². The number of aromatic carboxylic acids is 1. The molecule has 0 aliphatic rings. The molecule has 0 saturated carbocycles. The van der Waals surface area contributed by atoms with Crippen molar-refractivity contribution in [3.8, 4) is 0 Å². The molecule has 92 valence electrons. The summed E-state index contributed by atoms with van der Waals surface area (Å²) in [4.78, 5) is 30.3. The van der Waals surface area contributed by atoms with E-state index in [1.165, 1.54) is 29.5 Å². The van der Waals surface area contributed by atoms with Crippen molar-refractivity contribution in [2.75, 3.05) is 5.32 Å². The molecule has 2 aromatic rings. The number of aryl methyl sites for hydroxylation is 1. The van der Waals surface area contributed by atoms with Crippen LogP contribution >= 0.6 is 11.3 Å². The van der Waals surface area contributed by atoms with Gasteiger partial charge in [-0.1, -0.05) is 6.07 Å². The van der Waals surface area contributed by atoms with Crippen LogP contribution in [0.1, 0.15) is 26.7 Å². The molecule has 0 radical (unpaired) electrons. The van der Waals surface area contributed by atoms with Crippen molar-refractivity contribution < 1.29 is 14.7 Å². The van der Waals surface area contributed by atoms with Crippen molar-refractivity contribution in [1.29, 1.82) is 0 Å². The minimum atomic E-state index is -1.17. The lowest BCUT2D eigenvalue weighted by Crippen LogP contribution is -2.15. The maximum absolute atomic E-state index is 11.8. The number of nitrogens with one attached hydrogen (secondary N) is 1. The number of rotatable bonds is 3. The number of carboxylic acid groups (broad SMARTS) is 1. The fraction of sp³-hybridized carbons (Fsp3) is 0.0909. The first kappa shape index (κ1) is 12.2. The highest BCUT2D eigenvalue weighted by Crippen LogP contribution is 2.15. The molecule has 0 fully saturated rings. The molecule has 0 saturated heterocycles. The number of hydrogen-bond donors (Lipinski definition) is 2. The molecule has 0 atom stereocenters. The van der Waals surface area contributed by atoms with Gasteiger partial charge in [-0.15, -0.1) is 11.3 Å². The summed E-state index contributed by atoms with van der Waals surface area (Å²) in [6.07, 6.45) is 0. The Morgan fingerprint density at radius 2 is 2.00 bits per heavy atom. The van der Waals surface area contributed by atoms with Crippen molar-refractivity contribution in [3.63, 3.8) is 0 Å². The topological polar surface area (TPSA) is 92.2 Å². The minimum absolute atomic E-state index is 0.0442. The molecule has 0 bridgehead atoms. The zero-order chi connectivity index (χ0) is 13.1. The molecular formula is C11H9N3O3S. The summed E-state index contributed by atoms with van der Waals surface area (Å²) >= 11 is 1.30. The minimum Gasteiger partial charge on any atom is -0.477 e. The van der Waals surface area contributed by atoms with Gasteiger partial charge >= 0.3 is 5.97 Å². The summed E-state index contributed by atoms with van der Waals surface area (Å²) in [6.45, 7) is 1.81. The van der Waals surface area contributed by atoms with Gasteiger partial charge in [-0.2, -0.15) is 0 Å². The highest BCUT2D eigenvalue weighted by atomic mass is 32.1. The lowest BCUT2D eigenvalue weighted by molar-refractivity contribution is 0.0690. The number of amides is 1. The van der Waals surface area contributed by atoms with Crippen molar-refractivity contribution in [1.82, 2.24) is 9.97 Å². The first-order valence-electron chi connectivity index (χ1n) is 5.00.